The van der Waals surface area contributed by atoms with Crippen LogP contribution in [0.4, 0.5) is 0 Å². The molecule has 0 N–H and O–H groups in total. The van der Waals surface area contributed by atoms with Crippen molar-refractivity contribution in [2.24, 2.45) is 23.7 Å². The van der Waals surface area contributed by atoms with E-state index in [9.17, 15) is 0 Å². The van der Waals surface area contributed by atoms with Crippen LogP contribution in [0.3, 0.4) is 0 Å². The molecule has 2 nitrogen and oxygen atoms in total. The highest BCUT2D eigenvalue weighted by Crippen LogP contribution is 2.54. The van der Waals surface area contributed by atoms with E-state index in [0.29, 0.717) is 12.5 Å². The second kappa shape index (κ2) is 4.37. The predicted molar refractivity (Wildman–Crippen MR) is 61.6 cm³/mol. The van der Waals surface area contributed by atoms with Crippen molar-refractivity contribution >= 4 is 0 Å². The summed E-state index contributed by atoms with van der Waals surface area (Å²) in [5.74, 6) is 3.78. The van der Waals surface area contributed by atoms with E-state index in [4.69, 9.17) is 10.00 Å². The maximum atomic E-state index is 8.50. The lowest BCUT2D eigenvalue weighted by atomic mass is 9.55. The zero-order valence-electron chi connectivity index (χ0n) is 9.90. The lowest BCUT2D eigenvalue weighted by molar-refractivity contribution is -0.126. The molecule has 0 heterocycles. The first kappa shape index (κ1) is 10.6. The topological polar surface area (TPSA) is 33.0 Å². The molecule has 0 aromatic heterocycles. The highest BCUT2D eigenvalue weighted by molar-refractivity contribution is 4.98. The number of nitrogens with zero attached hydrogens (tertiary/aromatic N) is 1. The molecule has 16 heavy (non-hydrogen) atoms. The van der Waals surface area contributed by atoms with Crippen LogP contribution in [0.15, 0.2) is 0 Å². The minimum atomic E-state index is 0.548. The van der Waals surface area contributed by atoms with Gasteiger partial charge in [-0.05, 0) is 62.2 Å². The normalized spacial score (nSPS) is 44.6. The molecule has 0 saturated heterocycles. The van der Waals surface area contributed by atoms with Crippen molar-refractivity contribution in [1.82, 2.24) is 0 Å². The summed E-state index contributed by atoms with van der Waals surface area (Å²) in [6.07, 6.45) is 9.32. The zero-order chi connectivity index (χ0) is 11.0. The number of ether oxygens (including phenoxy) is 1. The predicted octanol–water partition coefficient (Wildman–Crippen LogP) is 3.13. The molecule has 4 aliphatic rings. The molecule has 0 unspecified atom stereocenters. The van der Waals surface area contributed by atoms with Crippen LogP contribution in [0, 0.1) is 35.0 Å². The average Bonchev–Trinajstić information content (AvgIpc) is 2.26. The molecule has 0 aliphatic heterocycles. The Morgan fingerprint density at radius 3 is 2.19 bits per heavy atom. The Kier molecular flexibility index (Phi) is 2.90. The van der Waals surface area contributed by atoms with Crippen LogP contribution in [0.5, 0.6) is 0 Å². The fourth-order valence-electron chi connectivity index (χ4n) is 4.52. The molecule has 4 fully saturated rings. The van der Waals surface area contributed by atoms with Crippen LogP contribution in [0.2, 0.25) is 0 Å². The third kappa shape index (κ3) is 1.86. The highest BCUT2D eigenvalue weighted by atomic mass is 16.5. The lowest BCUT2D eigenvalue weighted by Crippen LogP contribution is -2.49. The van der Waals surface area contributed by atoms with Crippen molar-refractivity contribution in [2.45, 2.75) is 51.0 Å². The first-order chi connectivity index (χ1) is 7.86. The summed E-state index contributed by atoms with van der Waals surface area (Å²) in [6, 6.07) is 2.19. The van der Waals surface area contributed by atoms with Gasteiger partial charge in [0.2, 0.25) is 0 Å². The molecule has 4 rings (SSSR count). The molecule has 0 spiro atoms. The van der Waals surface area contributed by atoms with Gasteiger partial charge in [0.05, 0.1) is 12.2 Å². The Hall–Kier alpha value is -0.550. The number of hydrogen-bond acceptors (Lipinski definition) is 2. The quantitative estimate of drug-likeness (QED) is 0.680. The number of hydrogen-bond donors (Lipinski definition) is 0. The smallest absolute Gasteiger partial charge is 0.0631 e. The molecule has 0 atom stereocenters. The van der Waals surface area contributed by atoms with E-state index in [2.05, 4.69) is 6.07 Å². The molecule has 88 valence electrons. The monoisotopic (exact) mass is 219 g/mol. The molecule has 0 amide bonds. The summed E-state index contributed by atoms with van der Waals surface area (Å²) >= 11 is 0. The Morgan fingerprint density at radius 1 is 1.00 bits per heavy atom. The second-order valence-corrected chi connectivity index (χ2v) is 6.03. The van der Waals surface area contributed by atoms with Gasteiger partial charge in [-0.1, -0.05) is 0 Å². The van der Waals surface area contributed by atoms with Gasteiger partial charge in [0.25, 0.3) is 0 Å². The van der Waals surface area contributed by atoms with Gasteiger partial charge in [0.1, 0.15) is 0 Å². The van der Waals surface area contributed by atoms with Gasteiger partial charge in [-0.3, -0.25) is 0 Å². The molecule has 0 aromatic rings. The van der Waals surface area contributed by atoms with Gasteiger partial charge in [0, 0.05) is 13.0 Å². The van der Waals surface area contributed by atoms with Crippen LogP contribution < -0.4 is 0 Å². The van der Waals surface area contributed by atoms with Crippen LogP contribution in [-0.4, -0.2) is 12.7 Å². The number of unbranched alkanes of at least 4 members (excludes halogenated alkanes) is 1. The standard InChI is InChI=1S/C14H21NO/c15-3-1-2-4-16-14-12-6-10-5-11(8-12)9-13(14)7-10/h10-14H,1-2,4-9H2. The van der Waals surface area contributed by atoms with Crippen molar-refractivity contribution in [1.29, 1.82) is 5.26 Å². The molecule has 0 radical (unpaired) electrons. The van der Waals surface area contributed by atoms with Crippen LogP contribution >= 0.6 is 0 Å². The maximum absolute atomic E-state index is 8.50. The van der Waals surface area contributed by atoms with E-state index in [-0.39, 0.29) is 0 Å². The van der Waals surface area contributed by atoms with Crippen LogP contribution in [-0.2, 0) is 4.74 Å². The molecule has 4 saturated carbocycles. The van der Waals surface area contributed by atoms with Gasteiger partial charge >= 0.3 is 0 Å². The summed E-state index contributed by atoms with van der Waals surface area (Å²) in [7, 11) is 0. The van der Waals surface area contributed by atoms with Crippen LogP contribution in [0.25, 0.3) is 0 Å². The Labute approximate surface area is 98.0 Å². The van der Waals surface area contributed by atoms with Crippen molar-refractivity contribution in [3.63, 3.8) is 0 Å². The zero-order valence-corrected chi connectivity index (χ0v) is 9.90. The SMILES string of the molecule is N#CCCCOC1C2CC3CC(C2)CC1C3. The highest BCUT2D eigenvalue weighted by Gasteiger charge is 2.48. The number of nitriles is 1. The average molecular weight is 219 g/mol. The van der Waals surface area contributed by atoms with E-state index in [1.165, 1.54) is 32.1 Å². The Morgan fingerprint density at radius 2 is 1.62 bits per heavy atom. The number of rotatable bonds is 4. The Balaban J connectivity index is 1.54. The first-order valence-electron chi connectivity index (χ1n) is 6.85. The molecule has 4 aliphatic carbocycles. The second-order valence-electron chi connectivity index (χ2n) is 6.03. The molecular weight excluding hydrogens is 198 g/mol. The largest absolute Gasteiger partial charge is 0.378 e. The third-order valence-corrected chi connectivity index (χ3v) is 4.88. The minimum absolute atomic E-state index is 0.548. The summed E-state index contributed by atoms with van der Waals surface area (Å²) in [5, 5.41) is 8.50. The van der Waals surface area contributed by atoms with Gasteiger partial charge < -0.3 is 4.74 Å². The molecule has 4 bridgehead atoms. The van der Waals surface area contributed by atoms with Crippen molar-refractivity contribution < 1.29 is 4.74 Å². The lowest BCUT2D eigenvalue weighted by Gasteiger charge is -2.54. The Bertz CT molecular complexity index is 266. The van der Waals surface area contributed by atoms with E-state index in [1.54, 1.807) is 0 Å². The third-order valence-electron chi connectivity index (χ3n) is 4.88. The van der Waals surface area contributed by atoms with E-state index in [1.807, 2.05) is 0 Å². The van der Waals surface area contributed by atoms with E-state index < -0.39 is 0 Å². The minimum Gasteiger partial charge on any atom is -0.378 e. The van der Waals surface area contributed by atoms with Gasteiger partial charge in [-0.2, -0.15) is 5.26 Å². The van der Waals surface area contributed by atoms with Gasteiger partial charge in [0.15, 0.2) is 0 Å². The van der Waals surface area contributed by atoms with E-state index >= 15 is 0 Å². The van der Waals surface area contributed by atoms with Gasteiger partial charge in [-0.25, -0.2) is 0 Å². The summed E-state index contributed by atoms with van der Waals surface area (Å²) < 4.78 is 6.07. The van der Waals surface area contributed by atoms with Crippen molar-refractivity contribution in [3.05, 3.63) is 0 Å². The molecular formula is C14H21NO. The van der Waals surface area contributed by atoms with Crippen molar-refractivity contribution in [2.75, 3.05) is 6.61 Å². The van der Waals surface area contributed by atoms with Crippen molar-refractivity contribution in [3.8, 4) is 6.07 Å². The van der Waals surface area contributed by atoms with Gasteiger partial charge in [-0.15, -0.1) is 0 Å². The fourth-order valence-corrected chi connectivity index (χ4v) is 4.52. The summed E-state index contributed by atoms with van der Waals surface area (Å²) in [6.45, 7) is 0.806. The molecule has 2 heteroatoms. The summed E-state index contributed by atoms with van der Waals surface area (Å²) in [4.78, 5) is 0. The maximum Gasteiger partial charge on any atom is 0.0631 e. The van der Waals surface area contributed by atoms with Crippen LogP contribution in [0.1, 0.15) is 44.9 Å². The van der Waals surface area contributed by atoms with E-state index in [0.717, 1.165) is 36.7 Å². The summed E-state index contributed by atoms with van der Waals surface area (Å²) in [5.41, 5.74) is 0. The molecule has 0 aromatic carbocycles. The first-order valence-corrected chi connectivity index (χ1v) is 6.85. The fraction of sp³-hybridized carbons (Fsp3) is 0.929.